The molecule has 16 heavy (non-hydrogen) atoms. The zero-order chi connectivity index (χ0) is 11.5. The Bertz CT molecular complexity index is 350. The van der Waals surface area contributed by atoms with Crippen molar-refractivity contribution in [1.82, 2.24) is 5.32 Å². The van der Waals surface area contributed by atoms with E-state index in [0.29, 0.717) is 6.04 Å². The summed E-state index contributed by atoms with van der Waals surface area (Å²) in [4.78, 5) is 0. The van der Waals surface area contributed by atoms with Gasteiger partial charge >= 0.3 is 0 Å². The van der Waals surface area contributed by atoms with Crippen LogP contribution in [-0.2, 0) is 0 Å². The molecule has 3 unspecified atom stereocenters. The predicted octanol–water partition coefficient (Wildman–Crippen LogP) is 4.18. The number of hydrogen-bond donors (Lipinski definition) is 1. The van der Waals surface area contributed by atoms with Crippen LogP contribution in [0.2, 0.25) is 5.02 Å². The standard InChI is InChI=1S/C14H20ClN/c1-3-10-9-14(10)16-13(4-2)11-6-5-7-12(15)8-11/h5-8,10,13-14,16H,3-4,9H2,1-2H3. The first-order valence-electron chi connectivity index (χ1n) is 6.26. The molecule has 1 aromatic rings. The lowest BCUT2D eigenvalue weighted by atomic mass is 10.0. The maximum Gasteiger partial charge on any atom is 0.0409 e. The molecule has 0 spiro atoms. The molecule has 2 rings (SSSR count). The molecule has 0 saturated heterocycles. The van der Waals surface area contributed by atoms with E-state index in [2.05, 4.69) is 31.3 Å². The Labute approximate surface area is 103 Å². The smallest absolute Gasteiger partial charge is 0.0409 e. The molecule has 1 fully saturated rings. The maximum atomic E-state index is 6.03. The van der Waals surface area contributed by atoms with E-state index in [4.69, 9.17) is 11.6 Å². The van der Waals surface area contributed by atoms with Crippen LogP contribution in [0.25, 0.3) is 0 Å². The van der Waals surface area contributed by atoms with Crippen LogP contribution in [-0.4, -0.2) is 6.04 Å². The summed E-state index contributed by atoms with van der Waals surface area (Å²) < 4.78 is 0. The van der Waals surface area contributed by atoms with Crippen LogP contribution in [0.4, 0.5) is 0 Å². The molecule has 0 aliphatic heterocycles. The van der Waals surface area contributed by atoms with Crippen molar-refractivity contribution >= 4 is 11.6 Å². The molecule has 1 aliphatic carbocycles. The molecule has 1 N–H and O–H groups in total. The molecule has 1 saturated carbocycles. The molecule has 2 heteroatoms. The summed E-state index contributed by atoms with van der Waals surface area (Å²) in [5.41, 5.74) is 1.32. The summed E-state index contributed by atoms with van der Waals surface area (Å²) in [5, 5.41) is 4.56. The van der Waals surface area contributed by atoms with Gasteiger partial charge in [0.1, 0.15) is 0 Å². The zero-order valence-electron chi connectivity index (χ0n) is 10.0. The van der Waals surface area contributed by atoms with Gasteiger partial charge in [-0.25, -0.2) is 0 Å². The molecular weight excluding hydrogens is 218 g/mol. The molecule has 88 valence electrons. The molecule has 0 amide bonds. The minimum Gasteiger partial charge on any atom is -0.307 e. The zero-order valence-corrected chi connectivity index (χ0v) is 10.8. The van der Waals surface area contributed by atoms with E-state index in [0.717, 1.165) is 23.4 Å². The van der Waals surface area contributed by atoms with Gasteiger partial charge in [0, 0.05) is 17.1 Å². The SMILES string of the molecule is CCC(NC1CC1CC)c1cccc(Cl)c1. The average Bonchev–Trinajstić information content (AvgIpc) is 3.04. The highest BCUT2D eigenvalue weighted by Crippen LogP contribution is 2.35. The van der Waals surface area contributed by atoms with E-state index in [9.17, 15) is 0 Å². The summed E-state index contributed by atoms with van der Waals surface area (Å²) in [6.45, 7) is 4.49. The number of rotatable bonds is 5. The van der Waals surface area contributed by atoms with Crippen molar-refractivity contribution in [3.05, 3.63) is 34.9 Å². The Morgan fingerprint density at radius 3 is 2.81 bits per heavy atom. The van der Waals surface area contributed by atoms with Crippen LogP contribution in [0.3, 0.4) is 0 Å². The van der Waals surface area contributed by atoms with E-state index in [1.807, 2.05) is 12.1 Å². The molecule has 0 radical (unpaired) electrons. The van der Waals surface area contributed by atoms with E-state index in [-0.39, 0.29) is 0 Å². The lowest BCUT2D eigenvalue weighted by Gasteiger charge is -2.17. The Balaban J connectivity index is 2.00. The highest BCUT2D eigenvalue weighted by atomic mass is 35.5. The van der Waals surface area contributed by atoms with Crippen LogP contribution >= 0.6 is 11.6 Å². The lowest BCUT2D eigenvalue weighted by molar-refractivity contribution is 0.494. The first-order valence-corrected chi connectivity index (χ1v) is 6.63. The molecule has 0 bridgehead atoms. The van der Waals surface area contributed by atoms with E-state index >= 15 is 0 Å². The monoisotopic (exact) mass is 237 g/mol. The van der Waals surface area contributed by atoms with Crippen LogP contribution in [0.5, 0.6) is 0 Å². The molecule has 1 nitrogen and oxygen atoms in total. The maximum absolute atomic E-state index is 6.03. The number of halogens is 1. The second-order valence-electron chi connectivity index (χ2n) is 4.69. The van der Waals surface area contributed by atoms with Crippen molar-refractivity contribution in [3.8, 4) is 0 Å². The van der Waals surface area contributed by atoms with Crippen LogP contribution < -0.4 is 5.32 Å². The third-order valence-electron chi connectivity index (χ3n) is 3.52. The van der Waals surface area contributed by atoms with Crippen LogP contribution in [0.15, 0.2) is 24.3 Å². The first-order chi connectivity index (χ1) is 7.74. The van der Waals surface area contributed by atoms with E-state index in [1.165, 1.54) is 18.4 Å². The third-order valence-corrected chi connectivity index (χ3v) is 3.76. The number of benzene rings is 1. The molecule has 3 atom stereocenters. The topological polar surface area (TPSA) is 12.0 Å². The summed E-state index contributed by atoms with van der Waals surface area (Å²) in [5.74, 6) is 0.897. The Morgan fingerprint density at radius 2 is 2.25 bits per heavy atom. The summed E-state index contributed by atoms with van der Waals surface area (Å²) in [7, 11) is 0. The van der Waals surface area contributed by atoms with Crippen molar-refractivity contribution in [2.24, 2.45) is 5.92 Å². The summed E-state index contributed by atoms with van der Waals surface area (Å²) in [6, 6.07) is 9.40. The first kappa shape index (κ1) is 11.9. The van der Waals surface area contributed by atoms with Crippen LogP contribution in [0, 0.1) is 5.92 Å². The quantitative estimate of drug-likeness (QED) is 0.810. The van der Waals surface area contributed by atoms with Gasteiger partial charge in [-0.15, -0.1) is 0 Å². The van der Waals surface area contributed by atoms with Gasteiger partial charge in [-0.05, 0) is 36.5 Å². The molecular formula is C14H20ClN. The minimum absolute atomic E-state index is 0.459. The normalized spacial score (nSPS) is 25.4. The van der Waals surface area contributed by atoms with Gasteiger partial charge in [-0.2, -0.15) is 0 Å². The van der Waals surface area contributed by atoms with Gasteiger partial charge in [0.05, 0.1) is 0 Å². The van der Waals surface area contributed by atoms with Gasteiger partial charge in [-0.1, -0.05) is 44.0 Å². The highest BCUT2D eigenvalue weighted by molar-refractivity contribution is 6.30. The van der Waals surface area contributed by atoms with Gasteiger partial charge in [0.25, 0.3) is 0 Å². The highest BCUT2D eigenvalue weighted by Gasteiger charge is 2.36. The van der Waals surface area contributed by atoms with Gasteiger partial charge in [-0.3, -0.25) is 0 Å². The lowest BCUT2D eigenvalue weighted by Crippen LogP contribution is -2.24. The van der Waals surface area contributed by atoms with Crippen molar-refractivity contribution in [1.29, 1.82) is 0 Å². The predicted molar refractivity (Wildman–Crippen MR) is 69.8 cm³/mol. The summed E-state index contributed by atoms with van der Waals surface area (Å²) >= 11 is 6.03. The Kier molecular flexibility index (Phi) is 3.88. The van der Waals surface area contributed by atoms with E-state index in [1.54, 1.807) is 0 Å². The molecule has 1 aliphatic rings. The number of hydrogen-bond acceptors (Lipinski definition) is 1. The molecule has 0 aromatic heterocycles. The average molecular weight is 238 g/mol. The third kappa shape index (κ3) is 2.78. The van der Waals surface area contributed by atoms with Crippen molar-refractivity contribution in [2.45, 2.75) is 45.2 Å². The van der Waals surface area contributed by atoms with Crippen molar-refractivity contribution in [3.63, 3.8) is 0 Å². The van der Waals surface area contributed by atoms with Crippen molar-refractivity contribution in [2.75, 3.05) is 0 Å². The Hall–Kier alpha value is -0.530. The van der Waals surface area contributed by atoms with Gasteiger partial charge in [0.15, 0.2) is 0 Å². The van der Waals surface area contributed by atoms with Gasteiger partial charge < -0.3 is 5.32 Å². The largest absolute Gasteiger partial charge is 0.307 e. The fourth-order valence-electron chi connectivity index (χ4n) is 2.33. The minimum atomic E-state index is 0.459. The second kappa shape index (κ2) is 5.20. The Morgan fingerprint density at radius 1 is 1.44 bits per heavy atom. The molecule has 0 heterocycles. The van der Waals surface area contributed by atoms with Gasteiger partial charge in [0.2, 0.25) is 0 Å². The van der Waals surface area contributed by atoms with E-state index < -0.39 is 0 Å². The second-order valence-corrected chi connectivity index (χ2v) is 5.13. The van der Waals surface area contributed by atoms with Crippen LogP contribution in [0.1, 0.15) is 44.7 Å². The number of nitrogens with one attached hydrogen (secondary N) is 1. The fourth-order valence-corrected chi connectivity index (χ4v) is 2.53. The van der Waals surface area contributed by atoms with Crippen molar-refractivity contribution < 1.29 is 0 Å². The summed E-state index contributed by atoms with van der Waals surface area (Å²) in [6.07, 6.45) is 3.75. The fraction of sp³-hybridized carbons (Fsp3) is 0.571. The molecule has 1 aromatic carbocycles.